The van der Waals surface area contributed by atoms with E-state index in [0.29, 0.717) is 0 Å². The fraction of sp³-hybridized carbons (Fsp3) is 1.00. The zero-order chi connectivity index (χ0) is 7.07. The van der Waals surface area contributed by atoms with Gasteiger partial charge in [0.1, 0.15) is 6.10 Å². The third-order valence-electron chi connectivity index (χ3n) is 1.31. The average molecular weight is 138 g/mol. The standard InChI is InChI=1S/C4H8F2N2O/c5-4(6)2-8(7)1-3(4)9/h3,9H,1-2,7H2. The van der Waals surface area contributed by atoms with Crippen LogP contribution in [0.15, 0.2) is 0 Å². The van der Waals surface area contributed by atoms with Gasteiger partial charge in [-0.1, -0.05) is 0 Å². The van der Waals surface area contributed by atoms with Gasteiger partial charge < -0.3 is 5.11 Å². The van der Waals surface area contributed by atoms with E-state index in [2.05, 4.69) is 0 Å². The summed E-state index contributed by atoms with van der Waals surface area (Å²) in [6, 6.07) is 0. The van der Waals surface area contributed by atoms with Crippen LogP contribution in [0.2, 0.25) is 0 Å². The number of halogens is 2. The van der Waals surface area contributed by atoms with Gasteiger partial charge in [-0.05, 0) is 0 Å². The van der Waals surface area contributed by atoms with Crippen LogP contribution in [0.3, 0.4) is 0 Å². The molecule has 1 rings (SSSR count). The van der Waals surface area contributed by atoms with E-state index in [9.17, 15) is 8.78 Å². The minimum absolute atomic E-state index is 0.146. The van der Waals surface area contributed by atoms with Crippen LogP contribution in [0.4, 0.5) is 8.78 Å². The first-order valence-corrected chi connectivity index (χ1v) is 2.58. The van der Waals surface area contributed by atoms with Crippen LogP contribution in [0.25, 0.3) is 0 Å². The average Bonchev–Trinajstić information content (AvgIpc) is 1.79. The number of alkyl halides is 2. The maximum absolute atomic E-state index is 12.2. The molecule has 0 bridgehead atoms. The maximum Gasteiger partial charge on any atom is 0.288 e. The molecule has 0 aromatic carbocycles. The number of β-amino-alcohol motifs (C(OH)–C–C–N with tert-alkyl or cyclic N) is 1. The van der Waals surface area contributed by atoms with Crippen molar-refractivity contribution in [2.45, 2.75) is 12.0 Å². The first-order valence-electron chi connectivity index (χ1n) is 2.58. The fourth-order valence-corrected chi connectivity index (χ4v) is 0.796. The Kier molecular flexibility index (Phi) is 1.42. The van der Waals surface area contributed by atoms with Crippen LogP contribution in [0.1, 0.15) is 0 Å². The van der Waals surface area contributed by atoms with Crippen molar-refractivity contribution in [1.82, 2.24) is 5.01 Å². The van der Waals surface area contributed by atoms with Gasteiger partial charge in [0.15, 0.2) is 0 Å². The molecule has 1 unspecified atom stereocenters. The van der Waals surface area contributed by atoms with E-state index in [1.165, 1.54) is 0 Å². The second kappa shape index (κ2) is 1.86. The quantitative estimate of drug-likeness (QED) is 0.429. The topological polar surface area (TPSA) is 49.5 Å². The molecule has 1 aliphatic heterocycles. The van der Waals surface area contributed by atoms with Crippen molar-refractivity contribution < 1.29 is 13.9 Å². The highest BCUT2D eigenvalue weighted by atomic mass is 19.3. The first kappa shape index (κ1) is 6.85. The summed E-state index contributed by atoms with van der Waals surface area (Å²) in [7, 11) is 0. The summed E-state index contributed by atoms with van der Waals surface area (Å²) < 4.78 is 24.4. The molecule has 1 heterocycles. The molecule has 3 nitrogen and oxygen atoms in total. The molecule has 0 aliphatic carbocycles. The smallest absolute Gasteiger partial charge is 0.288 e. The molecule has 0 aromatic heterocycles. The molecule has 5 heteroatoms. The Morgan fingerprint density at radius 3 is 2.33 bits per heavy atom. The lowest BCUT2D eigenvalue weighted by Crippen LogP contribution is -2.32. The number of hydrogen-bond donors (Lipinski definition) is 2. The molecule has 3 N–H and O–H groups in total. The van der Waals surface area contributed by atoms with Crippen LogP contribution in [0.5, 0.6) is 0 Å². The molecule has 1 fully saturated rings. The number of aliphatic hydroxyl groups is 1. The lowest BCUT2D eigenvalue weighted by Gasteiger charge is -2.10. The van der Waals surface area contributed by atoms with Crippen LogP contribution >= 0.6 is 0 Å². The predicted octanol–water partition coefficient (Wildman–Crippen LogP) is -0.828. The van der Waals surface area contributed by atoms with E-state index < -0.39 is 18.6 Å². The van der Waals surface area contributed by atoms with Crippen LogP contribution in [-0.2, 0) is 0 Å². The van der Waals surface area contributed by atoms with E-state index >= 15 is 0 Å². The number of aliphatic hydroxyl groups excluding tert-OH is 1. The van der Waals surface area contributed by atoms with E-state index in [0.717, 1.165) is 5.01 Å². The monoisotopic (exact) mass is 138 g/mol. The highest BCUT2D eigenvalue weighted by Gasteiger charge is 2.46. The van der Waals surface area contributed by atoms with Gasteiger partial charge in [0, 0.05) is 6.54 Å². The van der Waals surface area contributed by atoms with Crippen molar-refractivity contribution in [3.05, 3.63) is 0 Å². The Balaban J connectivity index is 2.58. The summed E-state index contributed by atoms with van der Waals surface area (Å²) in [5.41, 5.74) is 0. The summed E-state index contributed by atoms with van der Waals surface area (Å²) >= 11 is 0. The normalized spacial score (nSPS) is 35.3. The van der Waals surface area contributed by atoms with E-state index in [1.807, 2.05) is 0 Å². The third kappa shape index (κ3) is 1.17. The number of hydrazine groups is 1. The van der Waals surface area contributed by atoms with Crippen molar-refractivity contribution >= 4 is 0 Å². The lowest BCUT2D eigenvalue weighted by molar-refractivity contribution is -0.0730. The van der Waals surface area contributed by atoms with Crippen molar-refractivity contribution in [2.75, 3.05) is 13.1 Å². The first-order chi connectivity index (χ1) is 4.02. The molecule has 0 saturated carbocycles. The zero-order valence-corrected chi connectivity index (χ0v) is 4.72. The Bertz CT molecular complexity index is 119. The molecule has 9 heavy (non-hydrogen) atoms. The van der Waals surface area contributed by atoms with E-state index in [1.54, 1.807) is 0 Å². The van der Waals surface area contributed by atoms with Crippen LogP contribution in [0, 0.1) is 0 Å². The van der Waals surface area contributed by atoms with Crippen molar-refractivity contribution in [1.29, 1.82) is 0 Å². The summed E-state index contributed by atoms with van der Waals surface area (Å²) in [5.74, 6) is 1.97. The molecule has 1 aliphatic rings. The number of nitrogens with two attached hydrogens (primary N) is 1. The highest BCUT2D eigenvalue weighted by Crippen LogP contribution is 2.24. The van der Waals surface area contributed by atoms with E-state index in [4.69, 9.17) is 10.9 Å². The van der Waals surface area contributed by atoms with Crippen LogP contribution < -0.4 is 5.84 Å². The molecule has 0 aromatic rings. The molecule has 1 atom stereocenters. The summed E-state index contributed by atoms with van der Waals surface area (Å²) in [6.07, 6.45) is -1.59. The van der Waals surface area contributed by atoms with Crippen molar-refractivity contribution in [3.8, 4) is 0 Å². The molecule has 54 valence electrons. The minimum atomic E-state index is -3.02. The Labute approximate surface area is 51.0 Å². The van der Waals surface area contributed by atoms with Gasteiger partial charge in [-0.15, -0.1) is 0 Å². The van der Waals surface area contributed by atoms with Crippen molar-refractivity contribution in [3.63, 3.8) is 0 Å². The largest absolute Gasteiger partial charge is 0.385 e. The maximum atomic E-state index is 12.2. The van der Waals surface area contributed by atoms with Gasteiger partial charge >= 0.3 is 0 Å². The van der Waals surface area contributed by atoms with Crippen LogP contribution in [-0.4, -0.2) is 35.2 Å². The Morgan fingerprint density at radius 2 is 2.22 bits per heavy atom. The number of nitrogens with zero attached hydrogens (tertiary/aromatic N) is 1. The number of rotatable bonds is 0. The van der Waals surface area contributed by atoms with E-state index in [-0.39, 0.29) is 6.54 Å². The second-order valence-corrected chi connectivity index (χ2v) is 2.21. The van der Waals surface area contributed by atoms with Crippen molar-refractivity contribution in [2.24, 2.45) is 5.84 Å². The minimum Gasteiger partial charge on any atom is -0.385 e. The SMILES string of the molecule is NN1CC(O)C(F)(F)C1. The predicted molar refractivity (Wildman–Crippen MR) is 26.7 cm³/mol. The summed E-state index contributed by atoms with van der Waals surface area (Å²) in [5, 5.41) is 9.46. The summed E-state index contributed by atoms with van der Waals surface area (Å²) in [6.45, 7) is -0.693. The van der Waals surface area contributed by atoms with Gasteiger partial charge in [0.05, 0.1) is 6.54 Å². The van der Waals surface area contributed by atoms with Gasteiger partial charge in [0.25, 0.3) is 5.92 Å². The molecular formula is C4H8F2N2O. The number of hydrogen-bond acceptors (Lipinski definition) is 3. The van der Waals surface area contributed by atoms with Gasteiger partial charge in [-0.25, -0.2) is 13.8 Å². The Morgan fingerprint density at radius 1 is 1.67 bits per heavy atom. The van der Waals surface area contributed by atoms with Gasteiger partial charge in [-0.2, -0.15) is 0 Å². The van der Waals surface area contributed by atoms with Gasteiger partial charge in [0.2, 0.25) is 0 Å². The Hall–Kier alpha value is -0.260. The van der Waals surface area contributed by atoms with Gasteiger partial charge in [-0.3, -0.25) is 5.84 Å². The molecule has 0 amide bonds. The highest BCUT2D eigenvalue weighted by molar-refractivity contribution is 4.87. The fourth-order valence-electron chi connectivity index (χ4n) is 0.796. The molecular weight excluding hydrogens is 130 g/mol. The summed E-state index contributed by atoms with van der Waals surface area (Å²) in [4.78, 5) is 0. The molecule has 0 radical (unpaired) electrons. The second-order valence-electron chi connectivity index (χ2n) is 2.21. The third-order valence-corrected chi connectivity index (χ3v) is 1.31. The zero-order valence-electron chi connectivity index (χ0n) is 4.72. The lowest BCUT2D eigenvalue weighted by atomic mass is 10.2. The molecule has 1 saturated heterocycles. The molecule has 0 spiro atoms.